The molecule has 0 bridgehead atoms. The molecular weight excluding hydrogens is 242 g/mol. The van der Waals surface area contributed by atoms with E-state index in [2.05, 4.69) is 14.9 Å². The molecule has 0 saturated carbocycles. The molecule has 0 unspecified atom stereocenters. The highest BCUT2D eigenvalue weighted by molar-refractivity contribution is 7.92. The molecule has 9 heteroatoms. The Morgan fingerprint density at radius 1 is 1.60 bits per heavy atom. The summed E-state index contributed by atoms with van der Waals surface area (Å²) < 4.78 is 24.8. The lowest BCUT2D eigenvalue weighted by molar-refractivity contribution is -0.137. The van der Waals surface area contributed by atoms with Crippen LogP contribution in [0.25, 0.3) is 0 Å². The van der Waals surface area contributed by atoms with Gasteiger partial charge in [0.25, 0.3) is 0 Å². The monoisotopic (exact) mass is 251 g/mol. The molecule has 15 heavy (non-hydrogen) atoms. The third-order valence-electron chi connectivity index (χ3n) is 1.41. The summed E-state index contributed by atoms with van der Waals surface area (Å²) in [7, 11) is -3.51. The summed E-state index contributed by atoms with van der Waals surface area (Å²) in [5, 5.41) is 15.5. The van der Waals surface area contributed by atoms with Crippen molar-refractivity contribution in [2.45, 2.75) is 12.8 Å². The average molecular weight is 251 g/mol. The SMILES string of the molecule is O=C(O)CCCS(=O)(=O)Nc1nncs1. The largest absolute Gasteiger partial charge is 0.481 e. The summed E-state index contributed by atoms with van der Waals surface area (Å²) in [6, 6.07) is 0. The van der Waals surface area contributed by atoms with Crippen LogP contribution in [0.4, 0.5) is 5.13 Å². The van der Waals surface area contributed by atoms with E-state index in [1.165, 1.54) is 5.51 Å². The van der Waals surface area contributed by atoms with Gasteiger partial charge in [0.2, 0.25) is 15.2 Å². The van der Waals surface area contributed by atoms with Crippen LogP contribution < -0.4 is 4.72 Å². The van der Waals surface area contributed by atoms with Gasteiger partial charge in [0.05, 0.1) is 5.75 Å². The summed E-state index contributed by atoms with van der Waals surface area (Å²) in [5.74, 6) is -1.25. The van der Waals surface area contributed by atoms with E-state index in [9.17, 15) is 13.2 Å². The molecular formula is C6H9N3O4S2. The van der Waals surface area contributed by atoms with Gasteiger partial charge in [0.15, 0.2) is 0 Å². The third kappa shape index (κ3) is 4.70. The minimum atomic E-state index is -3.51. The predicted molar refractivity (Wildman–Crippen MR) is 54.2 cm³/mol. The summed E-state index contributed by atoms with van der Waals surface area (Å²) in [6.45, 7) is 0. The zero-order chi connectivity index (χ0) is 11.3. The Labute approximate surface area is 90.2 Å². The van der Waals surface area contributed by atoms with Gasteiger partial charge in [-0.1, -0.05) is 11.3 Å². The number of nitrogens with zero attached hydrogens (tertiary/aromatic N) is 2. The van der Waals surface area contributed by atoms with Crippen LogP contribution >= 0.6 is 11.3 Å². The lowest BCUT2D eigenvalue weighted by Gasteiger charge is -2.02. The highest BCUT2D eigenvalue weighted by Crippen LogP contribution is 2.11. The van der Waals surface area contributed by atoms with Crippen molar-refractivity contribution in [1.82, 2.24) is 10.2 Å². The van der Waals surface area contributed by atoms with Crippen molar-refractivity contribution in [3.05, 3.63) is 5.51 Å². The van der Waals surface area contributed by atoms with Crippen LogP contribution in [0.15, 0.2) is 5.51 Å². The molecule has 0 amide bonds. The molecule has 0 aliphatic heterocycles. The van der Waals surface area contributed by atoms with Crippen LogP contribution in [-0.2, 0) is 14.8 Å². The number of aromatic nitrogens is 2. The van der Waals surface area contributed by atoms with Gasteiger partial charge < -0.3 is 5.11 Å². The van der Waals surface area contributed by atoms with Gasteiger partial charge in [0.1, 0.15) is 5.51 Å². The van der Waals surface area contributed by atoms with Crippen molar-refractivity contribution in [2.24, 2.45) is 0 Å². The first-order chi connectivity index (χ1) is 6.99. The quantitative estimate of drug-likeness (QED) is 0.744. The van der Waals surface area contributed by atoms with Crippen molar-refractivity contribution in [1.29, 1.82) is 0 Å². The standard InChI is InChI=1S/C6H9N3O4S2/c10-5(11)2-1-3-15(12,13)9-6-8-7-4-14-6/h4H,1-3H2,(H,8,9)(H,10,11). The molecule has 0 radical (unpaired) electrons. The molecule has 1 rings (SSSR count). The summed E-state index contributed by atoms with van der Waals surface area (Å²) in [4.78, 5) is 10.2. The van der Waals surface area contributed by atoms with E-state index in [-0.39, 0.29) is 23.7 Å². The fourth-order valence-electron chi connectivity index (χ4n) is 0.815. The first-order valence-corrected chi connectivity index (χ1v) is 6.51. The molecule has 84 valence electrons. The topological polar surface area (TPSA) is 109 Å². The van der Waals surface area contributed by atoms with Crippen molar-refractivity contribution in [2.75, 3.05) is 10.5 Å². The highest BCUT2D eigenvalue weighted by Gasteiger charge is 2.12. The van der Waals surface area contributed by atoms with Gasteiger partial charge in [0, 0.05) is 6.42 Å². The van der Waals surface area contributed by atoms with Crippen molar-refractivity contribution in [3.63, 3.8) is 0 Å². The molecule has 7 nitrogen and oxygen atoms in total. The molecule has 0 aliphatic carbocycles. The number of carboxylic acids is 1. The van der Waals surface area contributed by atoms with E-state index in [0.717, 1.165) is 11.3 Å². The number of aliphatic carboxylic acids is 1. The third-order valence-corrected chi connectivity index (χ3v) is 3.47. The van der Waals surface area contributed by atoms with Crippen LogP contribution in [0.2, 0.25) is 0 Å². The van der Waals surface area contributed by atoms with Crippen LogP contribution in [0, 0.1) is 0 Å². The van der Waals surface area contributed by atoms with Gasteiger partial charge in [-0.15, -0.1) is 10.2 Å². The maximum absolute atomic E-state index is 11.3. The molecule has 0 aromatic carbocycles. The molecule has 0 atom stereocenters. The smallest absolute Gasteiger partial charge is 0.303 e. The van der Waals surface area contributed by atoms with Crippen LogP contribution in [-0.4, -0.2) is 35.4 Å². The summed E-state index contributed by atoms with van der Waals surface area (Å²) >= 11 is 1.06. The Morgan fingerprint density at radius 3 is 2.87 bits per heavy atom. The van der Waals surface area contributed by atoms with Gasteiger partial charge in [-0.05, 0) is 6.42 Å². The minimum Gasteiger partial charge on any atom is -0.481 e. The maximum Gasteiger partial charge on any atom is 0.303 e. The normalized spacial score (nSPS) is 11.2. The van der Waals surface area contributed by atoms with E-state index in [1.54, 1.807) is 0 Å². The summed E-state index contributed by atoms with van der Waals surface area (Å²) in [6.07, 6.45) is -0.0967. The second-order valence-electron chi connectivity index (χ2n) is 2.66. The molecule has 1 heterocycles. The average Bonchev–Trinajstić information content (AvgIpc) is 2.54. The fraction of sp³-hybridized carbons (Fsp3) is 0.500. The Morgan fingerprint density at radius 2 is 2.33 bits per heavy atom. The number of hydrogen-bond donors (Lipinski definition) is 2. The Bertz CT molecular complexity index is 414. The van der Waals surface area contributed by atoms with E-state index < -0.39 is 16.0 Å². The predicted octanol–water partition coefficient (Wildman–Crippen LogP) is 0.145. The Hall–Kier alpha value is -1.22. The van der Waals surface area contributed by atoms with Crippen LogP contribution in [0.3, 0.4) is 0 Å². The Kier molecular flexibility index (Phi) is 3.97. The van der Waals surface area contributed by atoms with Crippen molar-refractivity contribution >= 4 is 32.5 Å². The lowest BCUT2D eigenvalue weighted by atomic mass is 10.3. The second-order valence-corrected chi connectivity index (χ2v) is 5.34. The lowest BCUT2D eigenvalue weighted by Crippen LogP contribution is -2.17. The second kappa shape index (κ2) is 5.03. The number of carboxylic acid groups (broad SMARTS) is 1. The number of anilines is 1. The van der Waals surface area contributed by atoms with E-state index >= 15 is 0 Å². The van der Waals surface area contributed by atoms with Crippen LogP contribution in [0.5, 0.6) is 0 Å². The number of rotatable bonds is 6. The number of hydrogen-bond acceptors (Lipinski definition) is 6. The van der Waals surface area contributed by atoms with E-state index in [1.807, 2.05) is 0 Å². The molecule has 2 N–H and O–H groups in total. The van der Waals surface area contributed by atoms with E-state index in [0.29, 0.717) is 0 Å². The number of carbonyl (C=O) groups is 1. The van der Waals surface area contributed by atoms with Gasteiger partial charge in [-0.3, -0.25) is 9.52 Å². The molecule has 0 aliphatic rings. The zero-order valence-corrected chi connectivity index (χ0v) is 9.21. The molecule has 0 fully saturated rings. The van der Waals surface area contributed by atoms with Gasteiger partial charge >= 0.3 is 5.97 Å². The Balaban J connectivity index is 2.43. The fourth-order valence-corrected chi connectivity index (χ4v) is 2.61. The number of nitrogens with one attached hydrogen (secondary N) is 1. The van der Waals surface area contributed by atoms with Crippen molar-refractivity contribution in [3.8, 4) is 0 Å². The first kappa shape index (κ1) is 11.9. The number of sulfonamides is 1. The molecule has 1 aromatic heterocycles. The molecule has 1 aromatic rings. The molecule has 0 spiro atoms. The highest BCUT2D eigenvalue weighted by atomic mass is 32.2. The first-order valence-electron chi connectivity index (χ1n) is 3.98. The summed E-state index contributed by atoms with van der Waals surface area (Å²) in [5.41, 5.74) is 1.40. The zero-order valence-electron chi connectivity index (χ0n) is 7.58. The van der Waals surface area contributed by atoms with E-state index in [4.69, 9.17) is 5.11 Å². The minimum absolute atomic E-state index is 0.0729. The van der Waals surface area contributed by atoms with Gasteiger partial charge in [-0.25, -0.2) is 8.42 Å². The van der Waals surface area contributed by atoms with Crippen molar-refractivity contribution < 1.29 is 18.3 Å². The molecule has 0 saturated heterocycles. The van der Waals surface area contributed by atoms with Crippen LogP contribution in [0.1, 0.15) is 12.8 Å². The maximum atomic E-state index is 11.3. The van der Waals surface area contributed by atoms with Gasteiger partial charge in [-0.2, -0.15) is 0 Å².